The van der Waals surface area contributed by atoms with E-state index in [2.05, 4.69) is 45.2 Å². The number of halogens is 2. The number of benzene rings is 1. The molecule has 23 heavy (non-hydrogen) atoms. The van der Waals surface area contributed by atoms with Gasteiger partial charge in [-0.3, -0.25) is 0 Å². The summed E-state index contributed by atoms with van der Waals surface area (Å²) in [4.78, 5) is 11.7. The van der Waals surface area contributed by atoms with Gasteiger partial charge in [0.2, 0.25) is 0 Å². The van der Waals surface area contributed by atoms with Gasteiger partial charge in [0.1, 0.15) is 0 Å². The summed E-state index contributed by atoms with van der Waals surface area (Å²) < 4.78 is 2.14. The summed E-state index contributed by atoms with van der Waals surface area (Å²) in [5.74, 6) is 0. The Hall–Kier alpha value is -0.720. The fourth-order valence-corrected chi connectivity index (χ4v) is 7.11. The standard InChI is InChI=1S/C18H20ClIN3/c19-18-21-16-12-23(11-13-5-2-1-3-6-13)10-8-14(16)17(22-18)15-7-4-9-20-15/h1-3,5-6,15H,4,7-12H2/q-1/t15-/m1/s1. The van der Waals surface area contributed by atoms with E-state index in [9.17, 15) is 0 Å². The van der Waals surface area contributed by atoms with Gasteiger partial charge in [-0.25, -0.2) is 0 Å². The van der Waals surface area contributed by atoms with Gasteiger partial charge in [-0.15, -0.1) is 0 Å². The third-order valence-electron chi connectivity index (χ3n) is 4.58. The van der Waals surface area contributed by atoms with Crippen molar-refractivity contribution in [2.45, 2.75) is 36.3 Å². The molecule has 2 aromatic rings. The van der Waals surface area contributed by atoms with Crippen LogP contribution < -0.4 is 21.2 Å². The van der Waals surface area contributed by atoms with Crippen LogP contribution in [0.5, 0.6) is 0 Å². The number of hydrogen-bond acceptors (Lipinski definition) is 3. The van der Waals surface area contributed by atoms with Gasteiger partial charge in [0.15, 0.2) is 0 Å². The molecule has 0 saturated carbocycles. The van der Waals surface area contributed by atoms with Gasteiger partial charge in [0.05, 0.1) is 0 Å². The molecule has 122 valence electrons. The van der Waals surface area contributed by atoms with Gasteiger partial charge in [-0.1, -0.05) is 0 Å². The number of aromatic nitrogens is 2. The molecular formula is C18H20ClIN3-. The van der Waals surface area contributed by atoms with Gasteiger partial charge < -0.3 is 0 Å². The summed E-state index contributed by atoms with van der Waals surface area (Å²) in [6.45, 7) is 2.96. The summed E-state index contributed by atoms with van der Waals surface area (Å²) in [6, 6.07) is 10.7. The van der Waals surface area contributed by atoms with Crippen molar-refractivity contribution in [2.24, 2.45) is 0 Å². The second kappa shape index (κ2) is 7.03. The molecule has 0 N–H and O–H groups in total. The molecule has 1 aromatic carbocycles. The van der Waals surface area contributed by atoms with Crippen LogP contribution in [0.3, 0.4) is 0 Å². The molecule has 0 radical (unpaired) electrons. The van der Waals surface area contributed by atoms with Crippen LogP contribution >= 0.6 is 11.6 Å². The molecule has 4 rings (SSSR count). The van der Waals surface area contributed by atoms with Gasteiger partial charge in [-0.05, 0) is 0 Å². The first kappa shape index (κ1) is 15.8. The maximum atomic E-state index is 6.24. The van der Waals surface area contributed by atoms with E-state index in [1.807, 2.05) is 0 Å². The van der Waals surface area contributed by atoms with Crippen molar-refractivity contribution in [2.75, 3.05) is 11.0 Å². The molecule has 2 aliphatic rings. The maximum absolute atomic E-state index is 6.24. The van der Waals surface area contributed by atoms with E-state index in [4.69, 9.17) is 11.6 Å². The topological polar surface area (TPSA) is 29.0 Å². The average Bonchev–Trinajstić information content (AvgIpc) is 3.09. The quantitative estimate of drug-likeness (QED) is 0.398. The summed E-state index contributed by atoms with van der Waals surface area (Å²) in [7, 11) is 0. The molecule has 1 saturated heterocycles. The number of hydrogen-bond donors (Lipinski definition) is 0. The molecule has 0 spiro atoms. The van der Waals surface area contributed by atoms with Crippen molar-refractivity contribution in [3.63, 3.8) is 0 Å². The van der Waals surface area contributed by atoms with E-state index >= 15 is 0 Å². The van der Waals surface area contributed by atoms with E-state index < -0.39 is 0 Å². The van der Waals surface area contributed by atoms with E-state index in [1.165, 1.54) is 34.1 Å². The third kappa shape index (κ3) is 3.54. The zero-order valence-corrected chi connectivity index (χ0v) is 15.9. The van der Waals surface area contributed by atoms with Crippen molar-refractivity contribution in [3.05, 3.63) is 58.1 Å². The molecule has 1 fully saturated rings. The Balaban J connectivity index is 1.57. The van der Waals surface area contributed by atoms with Crippen LogP contribution in [-0.4, -0.2) is 25.8 Å². The molecule has 2 aliphatic heterocycles. The summed E-state index contributed by atoms with van der Waals surface area (Å²) in [6.07, 6.45) is 3.74. The van der Waals surface area contributed by atoms with E-state index in [0.717, 1.165) is 31.7 Å². The molecule has 0 bridgehead atoms. The van der Waals surface area contributed by atoms with Gasteiger partial charge in [0.25, 0.3) is 0 Å². The SMILES string of the molecule is Clc1nc2c(c([C@H]3CCC[I-]3)n1)CCN(Cc1ccccc1)C2. The normalized spacial score (nSPS) is 21.7. The molecule has 1 aromatic heterocycles. The molecule has 3 nitrogen and oxygen atoms in total. The fourth-order valence-electron chi connectivity index (χ4n) is 3.47. The number of nitrogens with zero attached hydrogens (tertiary/aromatic N) is 3. The molecule has 0 aliphatic carbocycles. The molecule has 0 amide bonds. The third-order valence-corrected chi connectivity index (χ3v) is 8.41. The first-order chi connectivity index (χ1) is 11.3. The Bertz CT molecular complexity index is 686. The van der Waals surface area contributed by atoms with Crippen LogP contribution in [0.2, 0.25) is 5.28 Å². The van der Waals surface area contributed by atoms with Crippen molar-refractivity contribution in [3.8, 4) is 0 Å². The molecule has 0 unspecified atom stereocenters. The monoisotopic (exact) mass is 440 g/mol. The Morgan fingerprint density at radius 2 is 2.09 bits per heavy atom. The Morgan fingerprint density at radius 3 is 2.87 bits per heavy atom. The second-order valence-corrected chi connectivity index (χ2v) is 10.0. The molecule has 1 atom stereocenters. The first-order valence-corrected chi connectivity index (χ1v) is 11.3. The molecular weight excluding hydrogens is 421 g/mol. The van der Waals surface area contributed by atoms with Crippen LogP contribution in [-0.2, 0) is 19.5 Å². The average molecular weight is 441 g/mol. The Kier molecular flexibility index (Phi) is 4.83. The predicted octanol–water partition coefficient (Wildman–Crippen LogP) is 0.612. The summed E-state index contributed by atoms with van der Waals surface area (Å²) in [5.41, 5.74) is 5.23. The van der Waals surface area contributed by atoms with Crippen LogP contribution in [0, 0.1) is 0 Å². The molecule has 3 heterocycles. The minimum absolute atomic E-state index is 0.254. The van der Waals surface area contributed by atoms with Gasteiger partial charge >= 0.3 is 153 Å². The van der Waals surface area contributed by atoms with Gasteiger partial charge in [-0.2, -0.15) is 0 Å². The fraction of sp³-hybridized carbons (Fsp3) is 0.444. The van der Waals surface area contributed by atoms with Crippen molar-refractivity contribution >= 4 is 11.6 Å². The van der Waals surface area contributed by atoms with Crippen molar-refractivity contribution < 1.29 is 21.2 Å². The second-order valence-electron chi connectivity index (χ2n) is 6.20. The summed E-state index contributed by atoms with van der Waals surface area (Å²) >= 11 is 6.49. The van der Waals surface area contributed by atoms with E-state index in [0.29, 0.717) is 9.21 Å². The minimum atomic E-state index is 0.254. The van der Waals surface area contributed by atoms with Crippen LogP contribution in [0.25, 0.3) is 0 Å². The zero-order chi connectivity index (χ0) is 15.6. The van der Waals surface area contributed by atoms with E-state index in [1.54, 1.807) is 0 Å². The zero-order valence-electron chi connectivity index (χ0n) is 13.0. The first-order valence-electron chi connectivity index (χ1n) is 8.19. The van der Waals surface area contributed by atoms with Gasteiger partial charge in [0, 0.05) is 0 Å². The number of alkyl halides is 2. The summed E-state index contributed by atoms with van der Waals surface area (Å²) in [5, 5.41) is 0.441. The molecule has 5 heteroatoms. The van der Waals surface area contributed by atoms with Crippen LogP contribution in [0.1, 0.15) is 39.3 Å². The Morgan fingerprint density at radius 1 is 1.22 bits per heavy atom. The van der Waals surface area contributed by atoms with E-state index in [-0.39, 0.29) is 21.2 Å². The number of fused-ring (bicyclic) bond motifs is 1. The predicted molar refractivity (Wildman–Crippen MR) is 88.1 cm³/mol. The Labute approximate surface area is 152 Å². The van der Waals surface area contributed by atoms with Crippen LogP contribution in [0.15, 0.2) is 30.3 Å². The van der Waals surface area contributed by atoms with Crippen molar-refractivity contribution in [1.82, 2.24) is 14.9 Å². The van der Waals surface area contributed by atoms with Crippen molar-refractivity contribution in [1.29, 1.82) is 0 Å². The van der Waals surface area contributed by atoms with Crippen LogP contribution in [0.4, 0.5) is 0 Å². The number of rotatable bonds is 3.